The first-order chi connectivity index (χ1) is 7.85. The monoisotopic (exact) mass is 216 g/mol. The summed E-state index contributed by atoms with van der Waals surface area (Å²) in [5.41, 5.74) is 8.87. The van der Waals surface area contributed by atoms with Crippen molar-refractivity contribution in [2.24, 2.45) is 5.73 Å². The van der Waals surface area contributed by atoms with E-state index in [1.54, 1.807) is 12.4 Å². The number of nitrogens with zero attached hydrogens (tertiary/aromatic N) is 3. The molecule has 2 heterocycles. The van der Waals surface area contributed by atoms with Crippen molar-refractivity contribution in [1.29, 1.82) is 0 Å². The van der Waals surface area contributed by atoms with Crippen molar-refractivity contribution < 1.29 is 0 Å². The van der Waals surface area contributed by atoms with Crippen LogP contribution in [0.3, 0.4) is 0 Å². The summed E-state index contributed by atoms with van der Waals surface area (Å²) in [6.45, 7) is 3.51. The van der Waals surface area contributed by atoms with Crippen LogP contribution in [0.2, 0.25) is 0 Å². The highest BCUT2D eigenvalue weighted by molar-refractivity contribution is 5.58. The largest absolute Gasteiger partial charge is 0.329 e. The van der Waals surface area contributed by atoms with Gasteiger partial charge in [-0.15, -0.1) is 0 Å². The average Bonchev–Trinajstić information content (AvgIpc) is 2.74. The SMILES string of the molecule is CCc1cc(-c2ccncc2)nn1CCN. The Hall–Kier alpha value is -1.68. The van der Waals surface area contributed by atoms with Crippen LogP contribution in [-0.4, -0.2) is 21.3 Å². The van der Waals surface area contributed by atoms with Gasteiger partial charge in [0.1, 0.15) is 0 Å². The van der Waals surface area contributed by atoms with E-state index in [0.29, 0.717) is 6.54 Å². The summed E-state index contributed by atoms with van der Waals surface area (Å²) in [6, 6.07) is 6.05. The summed E-state index contributed by atoms with van der Waals surface area (Å²) in [7, 11) is 0. The van der Waals surface area contributed by atoms with Gasteiger partial charge in [0.25, 0.3) is 0 Å². The molecule has 0 saturated carbocycles. The van der Waals surface area contributed by atoms with Gasteiger partial charge in [-0.1, -0.05) is 6.92 Å². The molecular formula is C12H16N4. The predicted octanol–water partition coefficient (Wildman–Crippen LogP) is 1.47. The minimum Gasteiger partial charge on any atom is -0.329 e. The fourth-order valence-corrected chi connectivity index (χ4v) is 1.72. The van der Waals surface area contributed by atoms with Gasteiger partial charge in [-0.3, -0.25) is 9.67 Å². The molecule has 84 valence electrons. The van der Waals surface area contributed by atoms with Crippen molar-refractivity contribution in [3.8, 4) is 11.3 Å². The topological polar surface area (TPSA) is 56.7 Å². The molecule has 16 heavy (non-hydrogen) atoms. The highest BCUT2D eigenvalue weighted by Gasteiger charge is 2.07. The number of pyridine rings is 1. The average molecular weight is 216 g/mol. The Bertz CT molecular complexity index is 447. The number of aromatic nitrogens is 3. The van der Waals surface area contributed by atoms with Gasteiger partial charge in [-0.05, 0) is 24.6 Å². The smallest absolute Gasteiger partial charge is 0.0927 e. The second-order valence-electron chi connectivity index (χ2n) is 3.62. The molecule has 0 aliphatic carbocycles. The lowest BCUT2D eigenvalue weighted by Gasteiger charge is -2.02. The molecule has 0 aliphatic rings. The molecule has 2 aromatic heterocycles. The first-order valence-corrected chi connectivity index (χ1v) is 5.52. The number of hydrogen-bond donors (Lipinski definition) is 1. The van der Waals surface area contributed by atoms with E-state index in [1.807, 2.05) is 16.8 Å². The Balaban J connectivity index is 2.36. The van der Waals surface area contributed by atoms with Crippen LogP contribution in [0.4, 0.5) is 0 Å². The Kier molecular flexibility index (Phi) is 3.31. The Morgan fingerprint density at radius 1 is 1.31 bits per heavy atom. The lowest BCUT2D eigenvalue weighted by molar-refractivity contribution is 0.598. The van der Waals surface area contributed by atoms with Crippen molar-refractivity contribution in [1.82, 2.24) is 14.8 Å². The van der Waals surface area contributed by atoms with Gasteiger partial charge in [0, 0.05) is 30.2 Å². The summed E-state index contributed by atoms with van der Waals surface area (Å²) in [5, 5.41) is 4.55. The molecule has 0 aromatic carbocycles. The molecule has 0 unspecified atom stereocenters. The minimum atomic E-state index is 0.616. The van der Waals surface area contributed by atoms with Gasteiger partial charge in [-0.2, -0.15) is 5.10 Å². The lowest BCUT2D eigenvalue weighted by Crippen LogP contribution is -2.13. The van der Waals surface area contributed by atoms with Gasteiger partial charge in [0.2, 0.25) is 0 Å². The second-order valence-corrected chi connectivity index (χ2v) is 3.62. The molecular weight excluding hydrogens is 200 g/mol. The molecule has 0 radical (unpaired) electrons. The molecule has 0 saturated heterocycles. The zero-order valence-electron chi connectivity index (χ0n) is 9.43. The van der Waals surface area contributed by atoms with Gasteiger partial charge < -0.3 is 5.73 Å². The summed E-state index contributed by atoms with van der Waals surface area (Å²) in [5.74, 6) is 0. The van der Waals surface area contributed by atoms with Crippen molar-refractivity contribution in [3.05, 3.63) is 36.3 Å². The maximum absolute atomic E-state index is 5.56. The lowest BCUT2D eigenvalue weighted by atomic mass is 10.2. The third-order valence-electron chi connectivity index (χ3n) is 2.54. The number of aryl methyl sites for hydroxylation is 1. The van der Waals surface area contributed by atoms with E-state index in [-0.39, 0.29) is 0 Å². The molecule has 0 atom stereocenters. The zero-order valence-corrected chi connectivity index (χ0v) is 9.43. The maximum atomic E-state index is 5.56. The van der Waals surface area contributed by atoms with Crippen LogP contribution in [0.15, 0.2) is 30.6 Å². The van der Waals surface area contributed by atoms with Crippen LogP contribution in [0.1, 0.15) is 12.6 Å². The van der Waals surface area contributed by atoms with E-state index in [1.165, 1.54) is 5.69 Å². The first-order valence-electron chi connectivity index (χ1n) is 5.52. The summed E-state index contributed by atoms with van der Waals surface area (Å²) in [4.78, 5) is 4.00. The standard InChI is InChI=1S/C12H16N4/c1-2-11-9-12(15-16(11)8-5-13)10-3-6-14-7-4-10/h3-4,6-7,9H,2,5,8,13H2,1H3. The maximum Gasteiger partial charge on any atom is 0.0927 e. The summed E-state index contributed by atoms with van der Waals surface area (Å²) >= 11 is 0. The zero-order chi connectivity index (χ0) is 11.4. The highest BCUT2D eigenvalue weighted by Crippen LogP contribution is 2.18. The highest BCUT2D eigenvalue weighted by atomic mass is 15.3. The van der Waals surface area contributed by atoms with Crippen molar-refractivity contribution >= 4 is 0 Å². The molecule has 2 rings (SSSR count). The van der Waals surface area contributed by atoms with Gasteiger partial charge in [0.15, 0.2) is 0 Å². The normalized spacial score (nSPS) is 10.6. The molecule has 2 aromatic rings. The van der Waals surface area contributed by atoms with Crippen LogP contribution in [0.25, 0.3) is 11.3 Å². The van der Waals surface area contributed by atoms with E-state index in [9.17, 15) is 0 Å². The van der Waals surface area contributed by atoms with E-state index >= 15 is 0 Å². The third kappa shape index (κ3) is 2.12. The summed E-state index contributed by atoms with van der Waals surface area (Å²) < 4.78 is 1.98. The van der Waals surface area contributed by atoms with E-state index in [0.717, 1.165) is 24.2 Å². The molecule has 0 aliphatic heterocycles. The first kappa shape index (κ1) is 10.8. The molecule has 4 nitrogen and oxygen atoms in total. The number of nitrogens with two attached hydrogens (primary N) is 1. The minimum absolute atomic E-state index is 0.616. The van der Waals surface area contributed by atoms with Crippen LogP contribution >= 0.6 is 0 Å². The predicted molar refractivity (Wildman–Crippen MR) is 63.9 cm³/mol. The molecule has 0 spiro atoms. The van der Waals surface area contributed by atoms with E-state index < -0.39 is 0 Å². The Morgan fingerprint density at radius 3 is 2.69 bits per heavy atom. The molecule has 2 N–H and O–H groups in total. The van der Waals surface area contributed by atoms with Crippen LogP contribution in [0.5, 0.6) is 0 Å². The van der Waals surface area contributed by atoms with Crippen LogP contribution in [0, 0.1) is 0 Å². The van der Waals surface area contributed by atoms with E-state index in [4.69, 9.17) is 5.73 Å². The molecule has 4 heteroatoms. The number of hydrogen-bond acceptors (Lipinski definition) is 3. The van der Waals surface area contributed by atoms with E-state index in [2.05, 4.69) is 23.1 Å². The number of rotatable bonds is 4. The summed E-state index contributed by atoms with van der Waals surface area (Å²) in [6.07, 6.45) is 4.53. The van der Waals surface area contributed by atoms with Crippen molar-refractivity contribution in [3.63, 3.8) is 0 Å². The fraction of sp³-hybridized carbons (Fsp3) is 0.333. The van der Waals surface area contributed by atoms with Crippen molar-refractivity contribution in [2.45, 2.75) is 19.9 Å². The van der Waals surface area contributed by atoms with Gasteiger partial charge in [0.05, 0.1) is 12.2 Å². The van der Waals surface area contributed by atoms with Crippen LogP contribution < -0.4 is 5.73 Å². The van der Waals surface area contributed by atoms with Crippen molar-refractivity contribution in [2.75, 3.05) is 6.54 Å². The van der Waals surface area contributed by atoms with Gasteiger partial charge >= 0.3 is 0 Å². The third-order valence-corrected chi connectivity index (χ3v) is 2.54. The fourth-order valence-electron chi connectivity index (χ4n) is 1.72. The van der Waals surface area contributed by atoms with Crippen LogP contribution in [-0.2, 0) is 13.0 Å². The quantitative estimate of drug-likeness (QED) is 0.842. The van der Waals surface area contributed by atoms with Gasteiger partial charge in [-0.25, -0.2) is 0 Å². The Labute approximate surface area is 95.1 Å². The molecule has 0 fully saturated rings. The molecule has 0 amide bonds. The second kappa shape index (κ2) is 4.90. The Morgan fingerprint density at radius 2 is 2.06 bits per heavy atom. The molecule has 0 bridgehead atoms.